The molecule has 0 aromatic heterocycles. The predicted molar refractivity (Wildman–Crippen MR) is 135 cm³/mol. The van der Waals surface area contributed by atoms with E-state index in [0.717, 1.165) is 5.56 Å². The predicted octanol–water partition coefficient (Wildman–Crippen LogP) is 2.57. The fourth-order valence-corrected chi connectivity index (χ4v) is 3.46. The first-order valence-corrected chi connectivity index (χ1v) is 12.1. The van der Waals surface area contributed by atoms with E-state index in [1.807, 2.05) is 30.3 Å². The van der Waals surface area contributed by atoms with Gasteiger partial charge in [-0.3, -0.25) is 14.4 Å². The summed E-state index contributed by atoms with van der Waals surface area (Å²) < 4.78 is 10.7. The van der Waals surface area contributed by atoms with E-state index in [1.165, 1.54) is 0 Å². The van der Waals surface area contributed by atoms with E-state index in [1.54, 1.807) is 19.1 Å². The highest BCUT2D eigenvalue weighted by Gasteiger charge is 2.24. The molecular weight excluding hydrogens is 448 g/mol. The Balaban J connectivity index is 2.52. The molecule has 0 saturated heterocycles. The van der Waals surface area contributed by atoms with Crippen molar-refractivity contribution in [3.63, 3.8) is 0 Å². The summed E-state index contributed by atoms with van der Waals surface area (Å²) >= 11 is 0. The van der Waals surface area contributed by atoms with Crippen molar-refractivity contribution in [2.75, 3.05) is 32.9 Å². The molecular formula is C27H40N2O6. The molecule has 3 unspecified atom stereocenters. The third-order valence-electron chi connectivity index (χ3n) is 5.32. The van der Waals surface area contributed by atoms with Gasteiger partial charge < -0.3 is 25.2 Å². The molecule has 8 heteroatoms. The molecule has 2 amide bonds. The third kappa shape index (κ3) is 13.5. The van der Waals surface area contributed by atoms with Gasteiger partial charge in [0.15, 0.2) is 0 Å². The zero-order valence-electron chi connectivity index (χ0n) is 20.7. The summed E-state index contributed by atoms with van der Waals surface area (Å²) in [6.07, 6.45) is 5.13. The summed E-state index contributed by atoms with van der Waals surface area (Å²) in [5, 5.41) is 14.1. The molecule has 0 aliphatic heterocycles. The van der Waals surface area contributed by atoms with Gasteiger partial charge in [-0.15, -0.1) is 13.2 Å². The van der Waals surface area contributed by atoms with E-state index in [-0.39, 0.29) is 56.5 Å². The Morgan fingerprint density at radius 1 is 1.06 bits per heavy atom. The Morgan fingerprint density at radius 2 is 1.80 bits per heavy atom. The van der Waals surface area contributed by atoms with Crippen molar-refractivity contribution in [3.8, 4) is 0 Å². The van der Waals surface area contributed by atoms with Gasteiger partial charge >= 0.3 is 5.97 Å². The van der Waals surface area contributed by atoms with Crippen LogP contribution in [-0.4, -0.2) is 61.9 Å². The number of ether oxygens (including phenoxy) is 2. The summed E-state index contributed by atoms with van der Waals surface area (Å²) in [5.74, 6) is -1.75. The van der Waals surface area contributed by atoms with Crippen molar-refractivity contribution in [1.29, 1.82) is 0 Å². The number of hydrogen-bond donors (Lipinski definition) is 3. The molecule has 0 bridgehead atoms. The second-order valence-electron chi connectivity index (χ2n) is 8.36. The summed E-state index contributed by atoms with van der Waals surface area (Å²) in [7, 11) is 0. The van der Waals surface area contributed by atoms with Crippen LogP contribution in [0.1, 0.15) is 38.2 Å². The zero-order chi connectivity index (χ0) is 25.9. The molecule has 1 aromatic carbocycles. The van der Waals surface area contributed by atoms with Crippen LogP contribution in [0.4, 0.5) is 0 Å². The first-order valence-electron chi connectivity index (χ1n) is 12.1. The van der Waals surface area contributed by atoms with Crippen LogP contribution in [0.2, 0.25) is 0 Å². The average Bonchev–Trinajstić information content (AvgIpc) is 2.85. The Hall–Kier alpha value is -2.97. The molecule has 0 spiro atoms. The molecule has 3 atom stereocenters. The van der Waals surface area contributed by atoms with Crippen molar-refractivity contribution in [3.05, 3.63) is 61.2 Å². The van der Waals surface area contributed by atoms with Gasteiger partial charge in [0.05, 0.1) is 38.2 Å². The van der Waals surface area contributed by atoms with Crippen molar-refractivity contribution >= 4 is 17.8 Å². The van der Waals surface area contributed by atoms with Gasteiger partial charge in [-0.2, -0.15) is 0 Å². The van der Waals surface area contributed by atoms with E-state index in [0.29, 0.717) is 32.2 Å². The zero-order valence-corrected chi connectivity index (χ0v) is 20.7. The number of aliphatic hydroxyl groups is 1. The van der Waals surface area contributed by atoms with E-state index in [4.69, 9.17) is 14.6 Å². The number of carbonyl (C=O) groups excluding carboxylic acids is 3. The lowest BCUT2D eigenvalue weighted by atomic mass is 9.95. The lowest BCUT2D eigenvalue weighted by Crippen LogP contribution is -2.39. The van der Waals surface area contributed by atoms with Crippen molar-refractivity contribution in [2.24, 2.45) is 11.8 Å². The molecule has 0 radical (unpaired) electrons. The minimum atomic E-state index is -0.577. The summed E-state index contributed by atoms with van der Waals surface area (Å²) in [6, 6.07) is 9.77. The Kier molecular flexibility index (Phi) is 15.8. The molecule has 3 N–H and O–H groups in total. The van der Waals surface area contributed by atoms with Crippen LogP contribution >= 0.6 is 0 Å². The number of benzene rings is 1. The maximum Gasteiger partial charge on any atom is 0.309 e. The first kappa shape index (κ1) is 30.1. The molecule has 1 aromatic rings. The fraction of sp³-hybridized carbons (Fsp3) is 0.519. The number of allylic oxidation sites excluding steroid dienone is 2. The number of rotatable bonds is 19. The Bertz CT molecular complexity index is 783. The molecule has 1 rings (SSSR count). The quantitative estimate of drug-likeness (QED) is 0.157. The number of amides is 2. The smallest absolute Gasteiger partial charge is 0.309 e. The number of esters is 1. The highest BCUT2D eigenvalue weighted by molar-refractivity contribution is 5.86. The summed E-state index contributed by atoms with van der Waals surface area (Å²) in [6.45, 7) is 9.99. The maximum atomic E-state index is 12.8. The van der Waals surface area contributed by atoms with Gasteiger partial charge in [0, 0.05) is 13.0 Å². The average molecular weight is 489 g/mol. The molecule has 8 nitrogen and oxygen atoms in total. The van der Waals surface area contributed by atoms with Crippen LogP contribution in [0.25, 0.3) is 0 Å². The van der Waals surface area contributed by atoms with Gasteiger partial charge in [-0.1, -0.05) is 42.5 Å². The van der Waals surface area contributed by atoms with E-state index >= 15 is 0 Å². The van der Waals surface area contributed by atoms with Crippen LogP contribution in [0.15, 0.2) is 55.6 Å². The van der Waals surface area contributed by atoms with E-state index < -0.39 is 12.0 Å². The molecule has 0 heterocycles. The largest absolute Gasteiger partial charge is 0.461 e. The van der Waals surface area contributed by atoms with Crippen molar-refractivity contribution < 1.29 is 29.0 Å². The second-order valence-corrected chi connectivity index (χ2v) is 8.36. The summed E-state index contributed by atoms with van der Waals surface area (Å²) in [5.41, 5.74) is 1.06. The minimum absolute atomic E-state index is 0.00667. The standard InChI is InChI=1S/C27H40N2O6/c1-4-6-13-24(18-22-11-8-7-9-12-22)27(33)35-21(3)20-29-26(32)23(10-5-2)19-25(31)28-14-16-34-17-15-30/h4-5,7-9,11-12,21,23-24,30H,1-2,6,10,13-20H2,3H3,(H,28,31)(H,29,32). The first-order chi connectivity index (χ1) is 16.9. The van der Waals surface area contributed by atoms with Crippen LogP contribution in [0.5, 0.6) is 0 Å². The van der Waals surface area contributed by atoms with E-state index in [9.17, 15) is 14.4 Å². The number of hydrogen-bond acceptors (Lipinski definition) is 6. The number of aliphatic hydroxyl groups excluding tert-OH is 1. The Labute approximate surface area is 208 Å². The number of nitrogens with one attached hydrogen (secondary N) is 2. The molecule has 0 aliphatic rings. The maximum absolute atomic E-state index is 12.8. The highest BCUT2D eigenvalue weighted by atomic mass is 16.5. The SMILES string of the molecule is C=CCCC(Cc1ccccc1)C(=O)OC(C)CNC(=O)C(CC=C)CC(=O)NCCOCCO. The lowest BCUT2D eigenvalue weighted by molar-refractivity contribution is -0.153. The second kappa shape index (κ2) is 18.4. The van der Waals surface area contributed by atoms with E-state index in [2.05, 4.69) is 23.8 Å². The topological polar surface area (TPSA) is 114 Å². The molecule has 0 aliphatic carbocycles. The van der Waals surface area contributed by atoms with Gasteiger partial charge in [-0.25, -0.2) is 0 Å². The highest BCUT2D eigenvalue weighted by Crippen LogP contribution is 2.17. The van der Waals surface area contributed by atoms with Crippen LogP contribution in [0, 0.1) is 11.8 Å². The molecule has 194 valence electrons. The van der Waals surface area contributed by atoms with Gasteiger partial charge in [0.2, 0.25) is 11.8 Å². The van der Waals surface area contributed by atoms with Crippen LogP contribution in [-0.2, 0) is 30.3 Å². The van der Waals surface area contributed by atoms with Gasteiger partial charge in [-0.05, 0) is 38.2 Å². The van der Waals surface area contributed by atoms with Gasteiger partial charge in [0.1, 0.15) is 6.10 Å². The van der Waals surface area contributed by atoms with Crippen LogP contribution in [0.3, 0.4) is 0 Å². The van der Waals surface area contributed by atoms with Gasteiger partial charge in [0.25, 0.3) is 0 Å². The molecule has 0 fully saturated rings. The minimum Gasteiger partial charge on any atom is -0.461 e. The Morgan fingerprint density at radius 3 is 2.46 bits per heavy atom. The molecule has 35 heavy (non-hydrogen) atoms. The summed E-state index contributed by atoms with van der Waals surface area (Å²) in [4.78, 5) is 37.6. The number of carbonyl (C=O) groups is 3. The molecule has 0 saturated carbocycles. The van der Waals surface area contributed by atoms with Crippen LogP contribution < -0.4 is 10.6 Å². The monoisotopic (exact) mass is 488 g/mol. The lowest BCUT2D eigenvalue weighted by Gasteiger charge is -2.21. The normalized spacial score (nSPS) is 13.2. The fourth-order valence-electron chi connectivity index (χ4n) is 3.46. The third-order valence-corrected chi connectivity index (χ3v) is 5.32. The van der Waals surface area contributed by atoms with Crippen molar-refractivity contribution in [1.82, 2.24) is 10.6 Å². The van der Waals surface area contributed by atoms with Crippen molar-refractivity contribution in [2.45, 2.75) is 45.1 Å².